The van der Waals surface area contributed by atoms with E-state index in [2.05, 4.69) is 11.1 Å². The van der Waals surface area contributed by atoms with Gasteiger partial charge in [0, 0.05) is 18.3 Å². The number of fused-ring (bicyclic) bond motifs is 1. The van der Waals surface area contributed by atoms with Gasteiger partial charge in [0.2, 0.25) is 0 Å². The SMILES string of the molecule is Cn1c(C#N)ccc1-c1ccc2c(c1)C(C)(C)OC(S(=O)(=O)O)=N2.O=S(=O)(O)O. The predicted molar refractivity (Wildman–Crippen MR) is 102 cm³/mol. The van der Waals surface area contributed by atoms with Gasteiger partial charge in [-0.15, -0.1) is 0 Å². The van der Waals surface area contributed by atoms with Crippen LogP contribution in [0.15, 0.2) is 35.3 Å². The third-order valence-electron chi connectivity index (χ3n) is 3.95. The molecular formula is C16H17N3O8S2. The molecule has 0 saturated carbocycles. The highest BCUT2D eigenvalue weighted by Gasteiger charge is 2.36. The molecule has 0 radical (unpaired) electrons. The van der Waals surface area contributed by atoms with Crippen LogP contribution >= 0.6 is 0 Å². The van der Waals surface area contributed by atoms with Crippen molar-refractivity contribution in [2.45, 2.75) is 19.4 Å². The summed E-state index contributed by atoms with van der Waals surface area (Å²) in [5, 5.41) is 8.36. The molecule has 2 heterocycles. The van der Waals surface area contributed by atoms with E-state index in [1.807, 2.05) is 12.1 Å². The highest BCUT2D eigenvalue weighted by molar-refractivity contribution is 8.01. The molecule has 2 aromatic rings. The van der Waals surface area contributed by atoms with Crippen LogP contribution in [0, 0.1) is 11.3 Å². The van der Waals surface area contributed by atoms with Crippen LogP contribution in [-0.2, 0) is 37.9 Å². The van der Waals surface area contributed by atoms with Gasteiger partial charge < -0.3 is 9.30 Å². The summed E-state index contributed by atoms with van der Waals surface area (Å²) in [6.07, 6.45) is 0. The molecule has 3 rings (SSSR count). The minimum atomic E-state index is -4.67. The van der Waals surface area contributed by atoms with E-state index >= 15 is 0 Å². The van der Waals surface area contributed by atoms with E-state index in [0.717, 1.165) is 11.3 Å². The fraction of sp³-hybridized carbons (Fsp3) is 0.250. The molecule has 0 saturated heterocycles. The first-order valence-corrected chi connectivity index (χ1v) is 10.6. The minimum absolute atomic E-state index is 0.414. The number of hydrogen-bond acceptors (Lipinski definition) is 7. The molecule has 0 spiro atoms. The first kappa shape index (κ1) is 22.5. The van der Waals surface area contributed by atoms with Crippen molar-refractivity contribution in [3.05, 3.63) is 41.6 Å². The number of nitriles is 1. The summed E-state index contributed by atoms with van der Waals surface area (Å²) in [7, 11) is -7.39. The van der Waals surface area contributed by atoms with Gasteiger partial charge in [0.1, 0.15) is 17.4 Å². The maximum Gasteiger partial charge on any atom is 0.394 e. The maximum absolute atomic E-state index is 11.3. The summed E-state index contributed by atoms with van der Waals surface area (Å²) in [5.41, 5.74) is 2.34. The van der Waals surface area contributed by atoms with Crippen molar-refractivity contribution in [3.8, 4) is 17.3 Å². The molecule has 0 fully saturated rings. The van der Waals surface area contributed by atoms with E-state index in [9.17, 15) is 13.0 Å². The van der Waals surface area contributed by atoms with Crippen molar-refractivity contribution in [1.82, 2.24) is 4.57 Å². The summed E-state index contributed by atoms with van der Waals surface area (Å²) in [6.45, 7) is 3.39. The third kappa shape index (κ3) is 5.40. The number of hydrogen-bond donors (Lipinski definition) is 3. The number of nitrogens with zero attached hydrogens (tertiary/aromatic N) is 3. The highest BCUT2D eigenvalue weighted by Crippen LogP contribution is 2.40. The predicted octanol–water partition coefficient (Wildman–Crippen LogP) is 2.05. The first-order chi connectivity index (χ1) is 13.1. The van der Waals surface area contributed by atoms with Gasteiger partial charge in [-0.05, 0) is 43.7 Å². The highest BCUT2D eigenvalue weighted by atomic mass is 32.3. The van der Waals surface area contributed by atoms with Crippen LogP contribution in [0.5, 0.6) is 0 Å². The van der Waals surface area contributed by atoms with Crippen LogP contribution < -0.4 is 0 Å². The van der Waals surface area contributed by atoms with Gasteiger partial charge in [0.25, 0.3) is 0 Å². The molecule has 1 aromatic carbocycles. The molecule has 1 aliphatic heterocycles. The number of aromatic nitrogens is 1. The van der Waals surface area contributed by atoms with Crippen LogP contribution in [0.2, 0.25) is 0 Å². The van der Waals surface area contributed by atoms with Crippen LogP contribution in [0.4, 0.5) is 5.69 Å². The van der Waals surface area contributed by atoms with Crippen LogP contribution in [-0.4, -0.2) is 40.3 Å². The van der Waals surface area contributed by atoms with Gasteiger partial charge in [-0.1, -0.05) is 6.07 Å². The average Bonchev–Trinajstić information content (AvgIpc) is 2.92. The molecule has 0 bridgehead atoms. The second-order valence-electron chi connectivity index (χ2n) is 6.42. The first-order valence-electron chi connectivity index (χ1n) is 7.79. The topological polar surface area (TPSA) is 179 Å². The van der Waals surface area contributed by atoms with Crippen molar-refractivity contribution >= 4 is 31.4 Å². The number of rotatable bonds is 1. The lowest BCUT2D eigenvalue weighted by Gasteiger charge is -2.31. The Morgan fingerprint density at radius 2 is 1.69 bits per heavy atom. The van der Waals surface area contributed by atoms with E-state index in [-0.39, 0.29) is 0 Å². The standard InChI is InChI=1S/C16H15N3O4S.H2O4S/c1-16(2)12-8-10(14-7-5-11(9-17)19(14)3)4-6-13(12)18-15(23-16)24(20,21)22;1-5(2,3)4/h4-8H,1-3H3,(H,20,21,22);(H2,1,2,3,4). The van der Waals surface area contributed by atoms with Gasteiger partial charge >= 0.3 is 25.7 Å². The van der Waals surface area contributed by atoms with Gasteiger partial charge in [0.05, 0.1) is 5.69 Å². The van der Waals surface area contributed by atoms with E-state index in [1.165, 1.54) is 0 Å². The summed E-state index contributed by atoms with van der Waals surface area (Å²) < 4.78 is 70.5. The zero-order chi connectivity index (χ0) is 22.2. The average molecular weight is 443 g/mol. The Morgan fingerprint density at radius 3 is 2.17 bits per heavy atom. The Balaban J connectivity index is 0.000000537. The lowest BCUT2D eigenvalue weighted by Crippen LogP contribution is -2.32. The lowest BCUT2D eigenvalue weighted by molar-refractivity contribution is 0.0943. The quantitative estimate of drug-likeness (QED) is 0.556. The number of ether oxygens (including phenoxy) is 1. The normalized spacial score (nSPS) is 15.1. The van der Waals surface area contributed by atoms with Gasteiger partial charge in [0.15, 0.2) is 0 Å². The maximum atomic E-state index is 11.3. The molecule has 0 aliphatic carbocycles. The molecule has 156 valence electrons. The Hall–Kier alpha value is -2.76. The molecule has 3 N–H and O–H groups in total. The molecule has 0 amide bonds. The summed E-state index contributed by atoms with van der Waals surface area (Å²) >= 11 is 0. The van der Waals surface area contributed by atoms with Gasteiger partial charge in [-0.25, -0.2) is 4.99 Å². The molecule has 13 heteroatoms. The van der Waals surface area contributed by atoms with Crippen LogP contribution in [0.1, 0.15) is 25.1 Å². The van der Waals surface area contributed by atoms with Crippen molar-refractivity contribution in [3.63, 3.8) is 0 Å². The fourth-order valence-electron chi connectivity index (χ4n) is 2.69. The van der Waals surface area contributed by atoms with E-state index < -0.39 is 31.3 Å². The lowest BCUT2D eigenvalue weighted by atomic mass is 9.93. The summed E-state index contributed by atoms with van der Waals surface area (Å²) in [4.78, 5) is 3.89. The molecular weight excluding hydrogens is 426 g/mol. The van der Waals surface area contributed by atoms with E-state index in [0.29, 0.717) is 16.9 Å². The van der Waals surface area contributed by atoms with E-state index in [4.69, 9.17) is 27.5 Å². The molecule has 11 nitrogen and oxygen atoms in total. The molecule has 29 heavy (non-hydrogen) atoms. The van der Waals surface area contributed by atoms with Gasteiger partial charge in [-0.2, -0.15) is 22.1 Å². The monoisotopic (exact) mass is 443 g/mol. The van der Waals surface area contributed by atoms with Crippen molar-refractivity contribution in [2.24, 2.45) is 12.0 Å². The minimum Gasteiger partial charge on any atom is -0.457 e. The molecule has 1 aromatic heterocycles. The number of aliphatic imine (C=N–C) groups is 1. The molecule has 0 atom stereocenters. The van der Waals surface area contributed by atoms with Crippen LogP contribution in [0.3, 0.4) is 0 Å². The Morgan fingerprint density at radius 1 is 1.10 bits per heavy atom. The second-order valence-corrected chi connectivity index (χ2v) is 8.61. The van der Waals surface area contributed by atoms with Crippen molar-refractivity contribution < 1.29 is 35.2 Å². The molecule has 0 unspecified atom stereocenters. The number of benzene rings is 1. The summed E-state index contributed by atoms with van der Waals surface area (Å²) in [5.74, 6) is 0. The Kier molecular flexibility index (Phi) is 5.89. The zero-order valence-electron chi connectivity index (χ0n) is 15.4. The smallest absolute Gasteiger partial charge is 0.394 e. The molecule has 1 aliphatic rings. The van der Waals surface area contributed by atoms with Crippen LogP contribution in [0.25, 0.3) is 11.3 Å². The third-order valence-corrected chi connectivity index (χ3v) is 4.57. The fourth-order valence-corrected chi connectivity index (χ4v) is 3.22. The Bertz CT molecular complexity index is 1230. The second kappa shape index (κ2) is 7.58. The van der Waals surface area contributed by atoms with Gasteiger partial charge in [-0.3, -0.25) is 13.7 Å². The largest absolute Gasteiger partial charge is 0.457 e. The zero-order valence-corrected chi connectivity index (χ0v) is 17.1. The summed E-state index contributed by atoms with van der Waals surface area (Å²) in [6, 6.07) is 11.0. The van der Waals surface area contributed by atoms with Crippen molar-refractivity contribution in [2.75, 3.05) is 0 Å². The Labute approximate surface area is 167 Å². The van der Waals surface area contributed by atoms with E-state index in [1.54, 1.807) is 43.7 Å². The van der Waals surface area contributed by atoms with Crippen molar-refractivity contribution in [1.29, 1.82) is 5.26 Å².